The molecule has 0 amide bonds. The van der Waals surface area contributed by atoms with Gasteiger partial charge in [-0.2, -0.15) is 5.26 Å². The number of hydrogen-bond acceptors (Lipinski definition) is 1. The van der Waals surface area contributed by atoms with Crippen LogP contribution < -0.4 is 0 Å². The van der Waals surface area contributed by atoms with Crippen LogP contribution >= 0.6 is 0 Å². The Labute approximate surface area is 68.4 Å². The van der Waals surface area contributed by atoms with Gasteiger partial charge in [0, 0.05) is 6.42 Å². The van der Waals surface area contributed by atoms with Crippen LogP contribution in [-0.4, -0.2) is 0 Å². The minimum atomic E-state index is 0.495. The van der Waals surface area contributed by atoms with Crippen LogP contribution in [0.5, 0.6) is 0 Å². The summed E-state index contributed by atoms with van der Waals surface area (Å²) in [6.07, 6.45) is 9.08. The van der Waals surface area contributed by atoms with E-state index in [4.69, 9.17) is 5.26 Å². The molecular weight excluding hydrogens is 134 g/mol. The Bertz CT molecular complexity index is 180. The van der Waals surface area contributed by atoms with E-state index in [0.717, 1.165) is 12.3 Å². The third kappa shape index (κ3) is 0.965. The van der Waals surface area contributed by atoms with Gasteiger partial charge in [0.2, 0.25) is 0 Å². The van der Waals surface area contributed by atoms with Crippen LogP contribution in [0.2, 0.25) is 0 Å². The number of rotatable bonds is 1. The summed E-state index contributed by atoms with van der Waals surface area (Å²) in [7, 11) is 0. The normalized spacial score (nSPS) is 41.9. The minimum Gasteiger partial charge on any atom is -0.198 e. The molecule has 2 saturated carbocycles. The van der Waals surface area contributed by atoms with E-state index in [9.17, 15) is 0 Å². The predicted molar refractivity (Wildman–Crippen MR) is 43.9 cm³/mol. The first kappa shape index (κ1) is 7.16. The summed E-state index contributed by atoms with van der Waals surface area (Å²) < 4.78 is 0. The third-order valence-electron chi connectivity index (χ3n) is 3.75. The molecule has 0 bridgehead atoms. The summed E-state index contributed by atoms with van der Waals surface area (Å²) in [4.78, 5) is 0. The summed E-state index contributed by atoms with van der Waals surface area (Å²) in [5.74, 6) is 0.919. The van der Waals surface area contributed by atoms with Crippen LogP contribution in [0, 0.1) is 22.7 Å². The molecule has 0 atom stereocenters. The summed E-state index contributed by atoms with van der Waals surface area (Å²) in [6.45, 7) is 0. The molecule has 2 rings (SSSR count). The number of hydrogen-bond donors (Lipinski definition) is 0. The van der Waals surface area contributed by atoms with Gasteiger partial charge in [-0.1, -0.05) is 12.8 Å². The molecule has 0 aromatic rings. The largest absolute Gasteiger partial charge is 0.198 e. The number of nitriles is 1. The molecule has 0 N–H and O–H groups in total. The van der Waals surface area contributed by atoms with Crippen molar-refractivity contribution in [1.29, 1.82) is 5.26 Å². The maximum atomic E-state index is 8.72. The maximum Gasteiger partial charge on any atom is 0.0627 e. The number of nitrogens with zero attached hydrogens (tertiary/aromatic N) is 1. The van der Waals surface area contributed by atoms with Crippen molar-refractivity contribution in [3.63, 3.8) is 0 Å². The van der Waals surface area contributed by atoms with E-state index >= 15 is 0 Å². The summed E-state index contributed by atoms with van der Waals surface area (Å²) in [6, 6.07) is 2.37. The Morgan fingerprint density at radius 3 is 2.45 bits per heavy atom. The monoisotopic (exact) mass is 149 g/mol. The average Bonchev–Trinajstić information content (AvgIpc) is 2.45. The highest BCUT2D eigenvalue weighted by Crippen LogP contribution is 2.55. The van der Waals surface area contributed by atoms with E-state index in [1.807, 2.05) is 0 Å². The molecule has 2 fully saturated rings. The first-order chi connectivity index (χ1) is 5.37. The van der Waals surface area contributed by atoms with Crippen LogP contribution in [0.1, 0.15) is 44.9 Å². The Kier molecular flexibility index (Phi) is 1.64. The predicted octanol–water partition coefficient (Wildman–Crippen LogP) is 2.87. The Morgan fingerprint density at radius 2 is 1.91 bits per heavy atom. The number of fused-ring (bicyclic) bond motifs is 1. The van der Waals surface area contributed by atoms with Gasteiger partial charge in [-0.3, -0.25) is 0 Å². The highest BCUT2D eigenvalue weighted by molar-refractivity contribution is 5.00. The smallest absolute Gasteiger partial charge is 0.0627 e. The molecule has 0 aromatic heterocycles. The van der Waals surface area contributed by atoms with E-state index in [1.54, 1.807) is 0 Å². The van der Waals surface area contributed by atoms with Gasteiger partial charge in [0.15, 0.2) is 0 Å². The van der Waals surface area contributed by atoms with Crippen LogP contribution in [-0.2, 0) is 0 Å². The Hall–Kier alpha value is -0.510. The lowest BCUT2D eigenvalue weighted by atomic mass is 9.78. The summed E-state index contributed by atoms with van der Waals surface area (Å²) in [5, 5.41) is 8.72. The molecule has 0 radical (unpaired) electrons. The van der Waals surface area contributed by atoms with E-state index in [1.165, 1.54) is 38.5 Å². The van der Waals surface area contributed by atoms with E-state index in [-0.39, 0.29) is 0 Å². The van der Waals surface area contributed by atoms with Crippen molar-refractivity contribution in [2.45, 2.75) is 44.9 Å². The van der Waals surface area contributed by atoms with Gasteiger partial charge >= 0.3 is 0 Å². The summed E-state index contributed by atoms with van der Waals surface area (Å²) in [5.41, 5.74) is 0.495. The van der Waals surface area contributed by atoms with Crippen LogP contribution in [0.3, 0.4) is 0 Å². The fourth-order valence-corrected chi connectivity index (χ4v) is 3.17. The zero-order valence-corrected chi connectivity index (χ0v) is 6.97. The molecule has 0 saturated heterocycles. The lowest BCUT2D eigenvalue weighted by molar-refractivity contribution is 0.249. The molecule has 0 aromatic carbocycles. The molecule has 0 unspecified atom stereocenters. The maximum absolute atomic E-state index is 8.72. The van der Waals surface area contributed by atoms with Crippen LogP contribution in [0.25, 0.3) is 0 Å². The van der Waals surface area contributed by atoms with E-state index < -0.39 is 0 Å². The molecule has 60 valence electrons. The average molecular weight is 149 g/mol. The second-order valence-corrected chi connectivity index (χ2v) is 4.18. The molecule has 1 heteroatoms. The molecule has 2 aliphatic rings. The van der Waals surface area contributed by atoms with Crippen molar-refractivity contribution in [2.75, 3.05) is 0 Å². The first-order valence-corrected chi connectivity index (χ1v) is 4.74. The van der Waals surface area contributed by atoms with Crippen LogP contribution in [0.15, 0.2) is 0 Å². The van der Waals surface area contributed by atoms with Crippen molar-refractivity contribution < 1.29 is 0 Å². The Morgan fingerprint density at radius 1 is 1.27 bits per heavy atom. The fourth-order valence-electron chi connectivity index (χ4n) is 3.17. The topological polar surface area (TPSA) is 23.8 Å². The van der Waals surface area contributed by atoms with Crippen molar-refractivity contribution in [1.82, 2.24) is 0 Å². The fraction of sp³-hybridized carbons (Fsp3) is 0.900. The summed E-state index contributed by atoms with van der Waals surface area (Å²) >= 11 is 0. The molecule has 11 heavy (non-hydrogen) atoms. The van der Waals surface area contributed by atoms with Gasteiger partial charge in [-0.25, -0.2) is 0 Å². The lowest BCUT2D eigenvalue weighted by Crippen LogP contribution is -2.18. The van der Waals surface area contributed by atoms with Crippen molar-refractivity contribution in [3.05, 3.63) is 0 Å². The van der Waals surface area contributed by atoms with Crippen LogP contribution in [0.4, 0.5) is 0 Å². The lowest BCUT2D eigenvalue weighted by Gasteiger charge is -2.25. The molecule has 0 aliphatic heterocycles. The standard InChI is InChI=1S/C10H15N/c11-8-7-10-5-1-3-9(10)4-2-6-10/h9H,1-7H2. The highest BCUT2D eigenvalue weighted by Gasteiger charge is 2.45. The van der Waals surface area contributed by atoms with Gasteiger partial charge in [0.05, 0.1) is 6.07 Å². The molecular formula is C10H15N. The van der Waals surface area contributed by atoms with E-state index in [2.05, 4.69) is 6.07 Å². The minimum absolute atomic E-state index is 0.495. The highest BCUT2D eigenvalue weighted by atomic mass is 14.5. The van der Waals surface area contributed by atoms with Gasteiger partial charge in [-0.05, 0) is 37.0 Å². The third-order valence-corrected chi connectivity index (χ3v) is 3.75. The van der Waals surface area contributed by atoms with Crippen molar-refractivity contribution in [3.8, 4) is 6.07 Å². The van der Waals surface area contributed by atoms with Crippen molar-refractivity contribution >= 4 is 0 Å². The first-order valence-electron chi connectivity index (χ1n) is 4.74. The molecule has 0 spiro atoms. The Balaban J connectivity index is 2.14. The second kappa shape index (κ2) is 2.52. The van der Waals surface area contributed by atoms with E-state index in [0.29, 0.717) is 5.41 Å². The quantitative estimate of drug-likeness (QED) is 0.562. The van der Waals surface area contributed by atoms with Gasteiger partial charge in [-0.15, -0.1) is 0 Å². The second-order valence-electron chi connectivity index (χ2n) is 4.18. The molecule has 0 heterocycles. The van der Waals surface area contributed by atoms with Gasteiger partial charge < -0.3 is 0 Å². The molecule has 1 nitrogen and oxygen atoms in total. The SMILES string of the molecule is N#CCC12CCCC1CCC2. The zero-order chi connectivity index (χ0) is 7.73. The zero-order valence-electron chi connectivity index (χ0n) is 6.97. The van der Waals surface area contributed by atoms with Gasteiger partial charge in [0.1, 0.15) is 0 Å². The van der Waals surface area contributed by atoms with Gasteiger partial charge in [0.25, 0.3) is 0 Å². The van der Waals surface area contributed by atoms with Crippen molar-refractivity contribution in [2.24, 2.45) is 11.3 Å². The molecule has 2 aliphatic carbocycles.